The molecule has 0 fully saturated rings. The number of hydrogen-bond donors (Lipinski definition) is 1. The predicted molar refractivity (Wildman–Crippen MR) is 165 cm³/mol. The predicted octanol–water partition coefficient (Wildman–Crippen LogP) is 5.84. The van der Waals surface area contributed by atoms with Gasteiger partial charge in [0.25, 0.3) is 5.91 Å². The molecule has 2 N–H and O–H groups in total. The second-order valence-electron chi connectivity index (χ2n) is 10.3. The molecular formula is C32H38Cl2N3O4+. The van der Waals surface area contributed by atoms with Crippen molar-refractivity contribution in [2.75, 3.05) is 55.1 Å². The first-order chi connectivity index (χ1) is 19.7. The fourth-order valence-corrected chi connectivity index (χ4v) is 5.51. The zero-order valence-electron chi connectivity index (χ0n) is 24.2. The van der Waals surface area contributed by atoms with Crippen LogP contribution >= 0.6 is 23.2 Å². The summed E-state index contributed by atoms with van der Waals surface area (Å²) in [6, 6.07) is 17.6. The number of ether oxygens (including phenoxy) is 3. The summed E-state index contributed by atoms with van der Waals surface area (Å²) < 4.78 is 16.3. The summed E-state index contributed by atoms with van der Waals surface area (Å²) in [6.07, 6.45) is 4.03. The van der Waals surface area contributed by atoms with Crippen molar-refractivity contribution >= 4 is 40.4 Å². The zero-order chi connectivity index (χ0) is 29.5. The van der Waals surface area contributed by atoms with Gasteiger partial charge in [0.15, 0.2) is 11.5 Å². The number of nitrogens with zero attached hydrogens (tertiary/aromatic N) is 2. The minimum Gasteiger partial charge on any atom is -0.493 e. The average molecular weight is 600 g/mol. The van der Waals surface area contributed by atoms with Crippen LogP contribution in [0.5, 0.6) is 17.2 Å². The van der Waals surface area contributed by atoms with E-state index in [1.165, 1.54) is 38.2 Å². The van der Waals surface area contributed by atoms with Gasteiger partial charge in [-0.1, -0.05) is 41.4 Å². The molecule has 0 spiro atoms. The molecular weight excluding hydrogens is 561 g/mol. The molecule has 1 heterocycles. The monoisotopic (exact) mass is 598 g/mol. The lowest BCUT2D eigenvalue weighted by atomic mass is 9.94. The van der Waals surface area contributed by atoms with Gasteiger partial charge in [-0.2, -0.15) is 0 Å². The van der Waals surface area contributed by atoms with Gasteiger partial charge in [-0.15, -0.1) is 0 Å². The molecule has 41 heavy (non-hydrogen) atoms. The number of para-hydroxylation sites is 1. The number of benzene rings is 3. The Kier molecular flexibility index (Phi) is 10.6. The average Bonchev–Trinajstić information content (AvgIpc) is 3.41. The molecule has 7 nitrogen and oxygen atoms in total. The van der Waals surface area contributed by atoms with Crippen molar-refractivity contribution in [3.05, 3.63) is 87.5 Å². The van der Waals surface area contributed by atoms with E-state index in [0.717, 1.165) is 31.5 Å². The highest BCUT2D eigenvalue weighted by Crippen LogP contribution is 2.38. The van der Waals surface area contributed by atoms with Crippen LogP contribution in [0.1, 0.15) is 40.2 Å². The number of hydrogen-bond acceptors (Lipinski definition) is 5. The van der Waals surface area contributed by atoms with E-state index in [2.05, 4.69) is 47.7 Å². The molecule has 3 aromatic rings. The third-order valence-corrected chi connectivity index (χ3v) is 8.30. The summed E-state index contributed by atoms with van der Waals surface area (Å²) >= 11 is 12.6. The maximum absolute atomic E-state index is 13.6. The Labute approximate surface area is 252 Å². The van der Waals surface area contributed by atoms with Gasteiger partial charge < -0.3 is 24.0 Å². The minimum absolute atomic E-state index is 0.0444. The van der Waals surface area contributed by atoms with Gasteiger partial charge in [0.1, 0.15) is 11.9 Å². The van der Waals surface area contributed by atoms with E-state index in [0.29, 0.717) is 39.4 Å². The van der Waals surface area contributed by atoms with E-state index in [1.54, 1.807) is 24.1 Å². The van der Waals surface area contributed by atoms with E-state index < -0.39 is 0 Å². The first kappa shape index (κ1) is 30.7. The van der Waals surface area contributed by atoms with E-state index >= 15 is 0 Å². The van der Waals surface area contributed by atoms with Gasteiger partial charge in [-0.25, -0.2) is 0 Å². The van der Waals surface area contributed by atoms with Crippen LogP contribution in [0.2, 0.25) is 10.0 Å². The number of rotatable bonds is 13. The quantitative estimate of drug-likeness (QED) is 0.250. The lowest BCUT2D eigenvalue weighted by Gasteiger charge is -2.27. The van der Waals surface area contributed by atoms with Crippen molar-refractivity contribution in [2.24, 2.45) is 0 Å². The summed E-state index contributed by atoms with van der Waals surface area (Å²) in [5.74, 6) is 1.21. The number of amides is 1. The summed E-state index contributed by atoms with van der Waals surface area (Å²) in [5, 5.41) is 3.20. The van der Waals surface area contributed by atoms with Crippen molar-refractivity contribution in [1.29, 1.82) is 0 Å². The Balaban J connectivity index is 1.46. The lowest BCUT2D eigenvalue weighted by Crippen LogP contribution is -2.69. The van der Waals surface area contributed by atoms with Crippen LogP contribution in [0.4, 0.5) is 5.69 Å². The fraction of sp³-hybridized carbons (Fsp3) is 0.344. The van der Waals surface area contributed by atoms with Crippen LogP contribution in [0.15, 0.2) is 60.8 Å². The minimum atomic E-state index is -0.147. The van der Waals surface area contributed by atoms with Crippen LogP contribution in [0.3, 0.4) is 0 Å². The van der Waals surface area contributed by atoms with E-state index in [9.17, 15) is 4.79 Å². The molecule has 1 unspecified atom stereocenters. The van der Waals surface area contributed by atoms with E-state index in [4.69, 9.17) is 37.4 Å². The number of quaternary nitrogens is 1. The smallest absolute Gasteiger partial charge is 0.253 e. The number of carbonyl (C=O) groups excluding carboxylic acids is 1. The maximum Gasteiger partial charge on any atom is 0.253 e. The van der Waals surface area contributed by atoms with Gasteiger partial charge >= 0.3 is 0 Å². The number of fused-ring (bicyclic) bond motifs is 1. The molecule has 9 heteroatoms. The molecule has 0 saturated carbocycles. The third kappa shape index (κ3) is 7.35. The number of nitrogens with two attached hydrogens (primary N) is 1. The van der Waals surface area contributed by atoms with Crippen LogP contribution < -0.4 is 19.5 Å². The molecule has 1 amide bonds. The molecule has 0 aliphatic carbocycles. The van der Waals surface area contributed by atoms with Gasteiger partial charge in [0.2, 0.25) is 5.75 Å². The molecule has 3 aromatic carbocycles. The second-order valence-corrected chi connectivity index (χ2v) is 11.1. The van der Waals surface area contributed by atoms with Gasteiger partial charge in [-0.05, 0) is 62.3 Å². The first-order valence-corrected chi connectivity index (χ1v) is 14.3. The molecule has 1 atom stereocenters. The molecule has 4 rings (SSSR count). The molecule has 0 aromatic heterocycles. The highest BCUT2D eigenvalue weighted by atomic mass is 35.5. The molecule has 0 saturated heterocycles. The standard InChI is InChI=1S/C32H37Cl2N3O4/c1-36(14-12-22-19-35-28-9-7-6-8-25(22)28)15-13-23(21-10-11-26(33)27(34)16-21)20-37(2)32(38)24-17-29(39-3)31(41-5)30(18-24)40-4/h6-11,16-19,23,35H,12-15,20H2,1-5H3/p+1. The highest BCUT2D eigenvalue weighted by Gasteiger charge is 2.24. The lowest BCUT2D eigenvalue weighted by molar-refractivity contribution is -0.491. The highest BCUT2D eigenvalue weighted by molar-refractivity contribution is 6.42. The summed E-state index contributed by atoms with van der Waals surface area (Å²) in [6.45, 7) is 2.28. The molecule has 0 bridgehead atoms. The molecule has 1 aliphatic rings. The van der Waals surface area contributed by atoms with E-state index in [1.807, 2.05) is 18.2 Å². The molecule has 1 aliphatic heterocycles. The van der Waals surface area contributed by atoms with Crippen molar-refractivity contribution < 1.29 is 24.3 Å². The third-order valence-electron chi connectivity index (χ3n) is 7.56. The van der Waals surface area contributed by atoms with Gasteiger partial charge in [-0.3, -0.25) is 10.1 Å². The Morgan fingerprint density at radius 3 is 2.27 bits per heavy atom. The SMILES string of the molecule is COc1cc(C(=O)N(C)CC(CCN(C)CCC2=C[NH2+]c3ccccc32)c2ccc(Cl)c(Cl)c2)cc(OC)c1OC. The second kappa shape index (κ2) is 14.1. The van der Waals surface area contributed by atoms with Crippen molar-refractivity contribution in [3.63, 3.8) is 0 Å². The Hall–Kier alpha value is -3.23. The molecule has 218 valence electrons. The summed E-state index contributed by atoms with van der Waals surface area (Å²) in [5.41, 5.74) is 5.46. The topological polar surface area (TPSA) is 67.9 Å². The summed E-state index contributed by atoms with van der Waals surface area (Å²) in [7, 11) is 8.55. The van der Waals surface area contributed by atoms with Crippen molar-refractivity contribution in [1.82, 2.24) is 9.80 Å². The molecule has 0 radical (unpaired) electrons. The van der Waals surface area contributed by atoms with Crippen LogP contribution in [0.25, 0.3) is 5.57 Å². The Bertz CT molecular complexity index is 1390. The fourth-order valence-electron chi connectivity index (χ4n) is 5.20. The number of carbonyl (C=O) groups is 1. The van der Waals surface area contributed by atoms with Gasteiger partial charge in [0.05, 0.1) is 31.4 Å². The van der Waals surface area contributed by atoms with Crippen LogP contribution in [0, 0.1) is 0 Å². The first-order valence-electron chi connectivity index (χ1n) is 13.6. The van der Waals surface area contributed by atoms with Crippen molar-refractivity contribution in [3.8, 4) is 17.2 Å². The number of likely N-dealkylation sites (N-methyl/N-ethyl adjacent to an activating group) is 1. The Morgan fingerprint density at radius 1 is 0.902 bits per heavy atom. The summed E-state index contributed by atoms with van der Waals surface area (Å²) in [4.78, 5) is 17.6. The van der Waals surface area contributed by atoms with Crippen molar-refractivity contribution in [2.45, 2.75) is 18.8 Å². The normalized spacial score (nSPS) is 13.0. The number of methoxy groups -OCH3 is 3. The van der Waals surface area contributed by atoms with Crippen LogP contribution in [-0.2, 0) is 0 Å². The number of halogens is 2. The van der Waals surface area contributed by atoms with Gasteiger partial charge in [0, 0.05) is 48.8 Å². The largest absolute Gasteiger partial charge is 0.493 e. The maximum atomic E-state index is 13.6. The zero-order valence-corrected chi connectivity index (χ0v) is 25.8. The van der Waals surface area contributed by atoms with E-state index in [-0.39, 0.29) is 11.8 Å². The Morgan fingerprint density at radius 2 is 1.61 bits per heavy atom. The van der Waals surface area contributed by atoms with Crippen LogP contribution in [-0.4, -0.2) is 70.8 Å².